The number of anilines is 1. The van der Waals surface area contributed by atoms with Crippen LogP contribution in [0, 0.1) is 0 Å². The molecule has 0 atom stereocenters. The Hall–Kier alpha value is -3.66. The van der Waals surface area contributed by atoms with E-state index in [1.165, 1.54) is 12.1 Å². The van der Waals surface area contributed by atoms with Crippen molar-refractivity contribution in [1.82, 2.24) is 9.78 Å². The van der Waals surface area contributed by atoms with Gasteiger partial charge in [-0.05, 0) is 41.8 Å². The Morgan fingerprint density at radius 3 is 2.42 bits per heavy atom. The first-order valence-corrected chi connectivity index (χ1v) is 11.8. The van der Waals surface area contributed by atoms with Gasteiger partial charge in [-0.2, -0.15) is 5.10 Å². The minimum Gasteiger partial charge on any atom is -0.486 e. The van der Waals surface area contributed by atoms with Gasteiger partial charge in [0.25, 0.3) is 5.56 Å². The average molecular weight is 470 g/mol. The van der Waals surface area contributed by atoms with Crippen molar-refractivity contribution in [2.45, 2.75) is 36.2 Å². The Labute approximate surface area is 190 Å². The normalized spacial score (nSPS) is 13.1. The third-order valence-electron chi connectivity index (χ3n) is 5.09. The Bertz CT molecular complexity index is 1350. The van der Waals surface area contributed by atoms with Crippen LogP contribution in [0.2, 0.25) is 0 Å². The SMILES string of the molecule is CC(C)c1ccc(S(=O)(=O)c2ccc(=O)n(CC(=O)Nc3ccc4c(c3)OCCO4)n2)cc1. The van der Waals surface area contributed by atoms with Gasteiger partial charge in [-0.1, -0.05) is 26.0 Å². The number of amides is 1. The highest BCUT2D eigenvalue weighted by Crippen LogP contribution is 2.32. The van der Waals surface area contributed by atoms with Gasteiger partial charge in [0.1, 0.15) is 19.8 Å². The van der Waals surface area contributed by atoms with E-state index in [9.17, 15) is 18.0 Å². The monoisotopic (exact) mass is 469 g/mol. The molecular formula is C23H23N3O6S. The summed E-state index contributed by atoms with van der Waals surface area (Å²) in [5.41, 5.74) is 0.857. The second-order valence-electron chi connectivity index (χ2n) is 7.80. The quantitative estimate of drug-likeness (QED) is 0.590. The molecule has 9 nitrogen and oxygen atoms in total. The number of nitrogens with zero attached hydrogens (tertiary/aromatic N) is 2. The summed E-state index contributed by atoms with van der Waals surface area (Å²) in [6.45, 7) is 4.43. The van der Waals surface area contributed by atoms with Gasteiger partial charge in [0.05, 0.1) is 4.90 Å². The van der Waals surface area contributed by atoms with Crippen LogP contribution in [0.5, 0.6) is 11.5 Å². The summed E-state index contributed by atoms with van der Waals surface area (Å²) in [7, 11) is -3.96. The molecule has 1 N–H and O–H groups in total. The third kappa shape index (κ3) is 4.90. The molecule has 0 saturated heterocycles. The van der Waals surface area contributed by atoms with Gasteiger partial charge >= 0.3 is 0 Å². The van der Waals surface area contributed by atoms with Crippen molar-refractivity contribution in [2.24, 2.45) is 0 Å². The number of hydrogen-bond acceptors (Lipinski definition) is 7. The van der Waals surface area contributed by atoms with E-state index in [1.807, 2.05) is 13.8 Å². The maximum atomic E-state index is 13.0. The van der Waals surface area contributed by atoms with Crippen molar-refractivity contribution in [3.8, 4) is 11.5 Å². The number of sulfone groups is 1. The number of nitrogens with one attached hydrogen (secondary N) is 1. The molecule has 0 saturated carbocycles. The zero-order valence-corrected chi connectivity index (χ0v) is 19.0. The number of hydrogen-bond donors (Lipinski definition) is 1. The van der Waals surface area contributed by atoms with E-state index in [1.54, 1.807) is 30.3 Å². The van der Waals surface area contributed by atoms with Crippen molar-refractivity contribution in [3.05, 3.63) is 70.5 Å². The molecule has 0 radical (unpaired) electrons. The van der Waals surface area contributed by atoms with E-state index in [-0.39, 0.29) is 15.8 Å². The van der Waals surface area contributed by atoms with Crippen LogP contribution in [0.25, 0.3) is 0 Å². The van der Waals surface area contributed by atoms with Crippen LogP contribution in [0.15, 0.2) is 69.3 Å². The molecule has 3 aromatic rings. The lowest BCUT2D eigenvalue weighted by atomic mass is 10.0. The lowest BCUT2D eigenvalue weighted by Crippen LogP contribution is -2.30. The molecule has 1 aromatic heterocycles. The predicted molar refractivity (Wildman–Crippen MR) is 121 cm³/mol. The van der Waals surface area contributed by atoms with E-state index in [0.717, 1.165) is 22.4 Å². The van der Waals surface area contributed by atoms with Gasteiger partial charge < -0.3 is 14.8 Å². The molecule has 2 heterocycles. The largest absolute Gasteiger partial charge is 0.486 e. The molecule has 10 heteroatoms. The second-order valence-corrected chi connectivity index (χ2v) is 9.70. The summed E-state index contributed by atoms with van der Waals surface area (Å²) in [6.07, 6.45) is 0. The van der Waals surface area contributed by atoms with Crippen LogP contribution in [0.3, 0.4) is 0 Å². The minimum absolute atomic E-state index is 0.0605. The first kappa shape index (κ1) is 22.5. The van der Waals surface area contributed by atoms with Crippen molar-refractivity contribution in [2.75, 3.05) is 18.5 Å². The van der Waals surface area contributed by atoms with E-state index >= 15 is 0 Å². The van der Waals surface area contributed by atoms with E-state index < -0.39 is 27.8 Å². The smallest absolute Gasteiger partial charge is 0.267 e. The fourth-order valence-electron chi connectivity index (χ4n) is 3.30. The Kier molecular flexibility index (Phi) is 6.19. The first-order chi connectivity index (χ1) is 15.7. The molecule has 0 bridgehead atoms. The van der Waals surface area contributed by atoms with Crippen LogP contribution in [0.1, 0.15) is 25.3 Å². The fourth-order valence-corrected chi connectivity index (χ4v) is 4.49. The summed E-state index contributed by atoms with van der Waals surface area (Å²) < 4.78 is 37.7. The highest BCUT2D eigenvalue weighted by atomic mass is 32.2. The highest BCUT2D eigenvalue weighted by Gasteiger charge is 2.21. The maximum absolute atomic E-state index is 13.0. The standard InChI is InChI=1S/C23H23N3O6S/c1-15(2)16-3-6-18(7-4-16)33(29,30)22-9-10-23(28)26(25-22)14-21(27)24-17-5-8-19-20(13-17)32-12-11-31-19/h3-10,13,15H,11-12,14H2,1-2H3,(H,24,27). The molecule has 1 amide bonds. The molecule has 0 spiro atoms. The van der Waals surface area contributed by atoms with Gasteiger partial charge in [0, 0.05) is 17.8 Å². The lowest BCUT2D eigenvalue weighted by molar-refractivity contribution is -0.117. The summed E-state index contributed by atoms with van der Waals surface area (Å²) in [5, 5.41) is 6.28. The molecule has 33 heavy (non-hydrogen) atoms. The van der Waals surface area contributed by atoms with Crippen molar-refractivity contribution >= 4 is 21.4 Å². The van der Waals surface area contributed by atoms with Gasteiger partial charge in [-0.15, -0.1) is 0 Å². The van der Waals surface area contributed by atoms with Gasteiger partial charge in [-0.3, -0.25) is 9.59 Å². The summed E-state index contributed by atoms with van der Waals surface area (Å²) in [4.78, 5) is 24.8. The van der Waals surface area contributed by atoms with Gasteiger partial charge in [0.2, 0.25) is 15.7 Å². The van der Waals surface area contributed by atoms with Crippen molar-refractivity contribution in [3.63, 3.8) is 0 Å². The van der Waals surface area contributed by atoms with Crippen molar-refractivity contribution < 1.29 is 22.7 Å². The molecule has 2 aromatic carbocycles. The summed E-state index contributed by atoms with van der Waals surface area (Å²) >= 11 is 0. The first-order valence-electron chi connectivity index (χ1n) is 10.4. The third-order valence-corrected chi connectivity index (χ3v) is 6.76. The minimum atomic E-state index is -3.96. The Morgan fingerprint density at radius 1 is 1.03 bits per heavy atom. The zero-order chi connectivity index (χ0) is 23.6. The van der Waals surface area contributed by atoms with E-state index in [0.29, 0.717) is 30.4 Å². The maximum Gasteiger partial charge on any atom is 0.267 e. The molecule has 0 fully saturated rings. The Morgan fingerprint density at radius 2 is 1.73 bits per heavy atom. The topological polar surface area (TPSA) is 117 Å². The number of aromatic nitrogens is 2. The molecule has 0 unspecified atom stereocenters. The number of carbonyl (C=O) groups is 1. The molecule has 4 rings (SSSR count). The average Bonchev–Trinajstić information content (AvgIpc) is 2.80. The Balaban J connectivity index is 1.53. The number of ether oxygens (including phenoxy) is 2. The number of fused-ring (bicyclic) bond motifs is 1. The van der Waals surface area contributed by atoms with Crippen molar-refractivity contribution in [1.29, 1.82) is 0 Å². The van der Waals surface area contributed by atoms with Gasteiger partial charge in [0.15, 0.2) is 16.5 Å². The van der Waals surface area contributed by atoms with Crippen LogP contribution < -0.4 is 20.3 Å². The second kappa shape index (κ2) is 9.07. The fraction of sp³-hybridized carbons (Fsp3) is 0.261. The zero-order valence-electron chi connectivity index (χ0n) is 18.1. The lowest BCUT2D eigenvalue weighted by Gasteiger charge is -2.19. The molecule has 172 valence electrons. The number of benzene rings is 2. The van der Waals surface area contributed by atoms with Crippen LogP contribution in [-0.4, -0.2) is 37.3 Å². The van der Waals surface area contributed by atoms with E-state index in [2.05, 4.69) is 10.4 Å². The molecule has 1 aliphatic rings. The number of carbonyl (C=O) groups excluding carboxylic acids is 1. The van der Waals surface area contributed by atoms with Gasteiger partial charge in [-0.25, -0.2) is 13.1 Å². The summed E-state index contributed by atoms with van der Waals surface area (Å²) in [6, 6.07) is 13.7. The summed E-state index contributed by atoms with van der Waals surface area (Å²) in [5.74, 6) is 0.800. The van der Waals surface area contributed by atoms with E-state index in [4.69, 9.17) is 9.47 Å². The molecular weight excluding hydrogens is 446 g/mol. The highest BCUT2D eigenvalue weighted by molar-refractivity contribution is 7.91. The van der Waals surface area contributed by atoms with Crippen LogP contribution in [0.4, 0.5) is 5.69 Å². The predicted octanol–water partition coefficient (Wildman–Crippen LogP) is 2.61. The van der Waals surface area contributed by atoms with Crippen LogP contribution >= 0.6 is 0 Å². The number of rotatable bonds is 6. The molecule has 1 aliphatic heterocycles. The van der Waals surface area contributed by atoms with Crippen LogP contribution in [-0.2, 0) is 21.2 Å². The molecule has 0 aliphatic carbocycles.